The Morgan fingerprint density at radius 3 is 3.22 bits per heavy atom. The zero-order chi connectivity index (χ0) is 16.1. The Hall–Kier alpha value is -1.25. The fourth-order valence-electron chi connectivity index (χ4n) is 2.42. The number of nitrogens with zero attached hydrogens (tertiary/aromatic N) is 2. The van der Waals surface area contributed by atoms with Crippen LogP contribution in [0.5, 0.6) is 5.75 Å². The summed E-state index contributed by atoms with van der Waals surface area (Å²) in [7, 11) is 0. The second kappa shape index (κ2) is 8.03. The molecule has 1 saturated heterocycles. The van der Waals surface area contributed by atoms with Gasteiger partial charge in [0.25, 0.3) is 0 Å². The van der Waals surface area contributed by atoms with Crippen LogP contribution in [0.1, 0.15) is 12.8 Å². The third kappa shape index (κ3) is 4.62. The largest absolute Gasteiger partial charge is 0.493 e. The normalized spacial score (nSPS) is 17.5. The standard InChI is InChI=1S/C15H18BrN3O3S/c16-11-3-1-4-12(9-11)22-7-8-23-15-18-17-14(20)19(15)10-13-5-2-6-21-13/h1,3-4,9,13H,2,5-8,10H2,(H,17,20). The number of benzene rings is 1. The number of H-pyrrole nitrogens is 1. The van der Waals surface area contributed by atoms with Crippen molar-refractivity contribution in [2.24, 2.45) is 0 Å². The smallest absolute Gasteiger partial charge is 0.344 e. The van der Waals surface area contributed by atoms with Gasteiger partial charge in [-0.25, -0.2) is 9.89 Å². The van der Waals surface area contributed by atoms with Crippen molar-refractivity contribution < 1.29 is 9.47 Å². The van der Waals surface area contributed by atoms with Gasteiger partial charge in [-0.2, -0.15) is 0 Å². The van der Waals surface area contributed by atoms with Gasteiger partial charge in [-0.05, 0) is 31.0 Å². The van der Waals surface area contributed by atoms with E-state index in [2.05, 4.69) is 26.1 Å². The first-order valence-electron chi connectivity index (χ1n) is 7.50. The lowest BCUT2D eigenvalue weighted by atomic mass is 10.2. The van der Waals surface area contributed by atoms with Gasteiger partial charge in [0.05, 0.1) is 19.3 Å². The maximum absolute atomic E-state index is 11.9. The number of hydrogen-bond acceptors (Lipinski definition) is 5. The molecule has 2 aromatic rings. The van der Waals surface area contributed by atoms with Crippen LogP contribution in [0.25, 0.3) is 0 Å². The average Bonchev–Trinajstić information content (AvgIpc) is 3.16. The molecule has 8 heteroatoms. The average molecular weight is 400 g/mol. The molecule has 1 N–H and O–H groups in total. The van der Waals surface area contributed by atoms with E-state index in [4.69, 9.17) is 9.47 Å². The predicted octanol–water partition coefficient (Wildman–Crippen LogP) is 2.68. The quantitative estimate of drug-likeness (QED) is 0.572. The molecule has 0 bridgehead atoms. The lowest BCUT2D eigenvalue weighted by Gasteiger charge is -2.11. The van der Waals surface area contributed by atoms with Crippen molar-refractivity contribution >= 4 is 27.7 Å². The molecule has 1 aromatic heterocycles. The fraction of sp³-hybridized carbons (Fsp3) is 0.467. The Morgan fingerprint density at radius 2 is 2.43 bits per heavy atom. The summed E-state index contributed by atoms with van der Waals surface area (Å²) >= 11 is 4.92. The molecule has 6 nitrogen and oxygen atoms in total. The van der Waals surface area contributed by atoms with Crippen molar-refractivity contribution in [2.75, 3.05) is 19.0 Å². The Labute approximate surface area is 146 Å². The van der Waals surface area contributed by atoms with Crippen LogP contribution in [-0.2, 0) is 11.3 Å². The first-order chi connectivity index (χ1) is 11.2. The summed E-state index contributed by atoms with van der Waals surface area (Å²) in [6.07, 6.45) is 2.16. The lowest BCUT2D eigenvalue weighted by molar-refractivity contribution is 0.0941. The van der Waals surface area contributed by atoms with E-state index in [0.29, 0.717) is 24.1 Å². The molecule has 1 aliphatic heterocycles. The Kier molecular flexibility index (Phi) is 5.80. The van der Waals surface area contributed by atoms with Gasteiger partial charge in [0.2, 0.25) is 0 Å². The summed E-state index contributed by atoms with van der Waals surface area (Å²) in [5.41, 5.74) is -0.184. The minimum absolute atomic E-state index is 0.113. The Balaban J connectivity index is 1.51. The van der Waals surface area contributed by atoms with Gasteiger partial charge in [-0.3, -0.25) is 4.57 Å². The van der Waals surface area contributed by atoms with Crippen molar-refractivity contribution in [3.63, 3.8) is 0 Å². The topological polar surface area (TPSA) is 69.1 Å². The molecule has 124 valence electrons. The SMILES string of the molecule is O=c1[nH]nc(SCCOc2cccc(Br)c2)n1CC1CCCO1. The lowest BCUT2D eigenvalue weighted by Crippen LogP contribution is -2.25. The van der Waals surface area contributed by atoms with Crippen LogP contribution in [0, 0.1) is 0 Å². The number of aromatic nitrogens is 3. The highest BCUT2D eigenvalue weighted by atomic mass is 79.9. The first-order valence-corrected chi connectivity index (χ1v) is 9.28. The molecule has 0 radical (unpaired) electrons. The number of halogens is 1. The minimum Gasteiger partial charge on any atom is -0.493 e. The second-order valence-corrected chi connectivity index (χ2v) is 7.19. The van der Waals surface area contributed by atoms with E-state index in [1.165, 1.54) is 11.8 Å². The molecule has 2 heterocycles. The Bertz CT molecular complexity index is 697. The van der Waals surface area contributed by atoms with E-state index < -0.39 is 0 Å². The van der Waals surface area contributed by atoms with Gasteiger partial charge in [-0.1, -0.05) is 33.8 Å². The van der Waals surface area contributed by atoms with Crippen LogP contribution in [0.3, 0.4) is 0 Å². The van der Waals surface area contributed by atoms with Crippen molar-refractivity contribution in [1.29, 1.82) is 0 Å². The first kappa shape index (κ1) is 16.6. The van der Waals surface area contributed by atoms with Crippen molar-refractivity contribution in [3.8, 4) is 5.75 Å². The minimum atomic E-state index is -0.184. The molecule has 23 heavy (non-hydrogen) atoms. The molecule has 3 rings (SSSR count). The zero-order valence-corrected chi connectivity index (χ0v) is 14.9. The molecule has 1 unspecified atom stereocenters. The van der Waals surface area contributed by atoms with Crippen LogP contribution in [-0.4, -0.2) is 39.8 Å². The van der Waals surface area contributed by atoms with Gasteiger partial charge in [0.1, 0.15) is 5.75 Å². The van der Waals surface area contributed by atoms with E-state index in [0.717, 1.165) is 29.7 Å². The molecule has 1 aliphatic rings. The highest BCUT2D eigenvalue weighted by Crippen LogP contribution is 2.20. The number of thioether (sulfide) groups is 1. The monoisotopic (exact) mass is 399 g/mol. The summed E-state index contributed by atoms with van der Waals surface area (Å²) in [5.74, 6) is 1.53. The molecule has 0 spiro atoms. The fourth-order valence-corrected chi connectivity index (χ4v) is 3.57. The van der Waals surface area contributed by atoms with Crippen LogP contribution in [0.2, 0.25) is 0 Å². The molecule has 1 atom stereocenters. The van der Waals surface area contributed by atoms with E-state index in [1.807, 2.05) is 24.3 Å². The van der Waals surface area contributed by atoms with E-state index in [9.17, 15) is 4.79 Å². The predicted molar refractivity (Wildman–Crippen MR) is 92.2 cm³/mol. The molecule has 0 amide bonds. The molecular weight excluding hydrogens is 382 g/mol. The third-order valence-electron chi connectivity index (χ3n) is 3.51. The van der Waals surface area contributed by atoms with Gasteiger partial charge in [0.15, 0.2) is 5.16 Å². The number of aromatic amines is 1. The van der Waals surface area contributed by atoms with Gasteiger partial charge in [0, 0.05) is 16.8 Å². The summed E-state index contributed by atoms with van der Waals surface area (Å²) < 4.78 is 13.9. The van der Waals surface area contributed by atoms with Gasteiger partial charge >= 0.3 is 5.69 Å². The van der Waals surface area contributed by atoms with Gasteiger partial charge in [-0.15, -0.1) is 5.10 Å². The second-order valence-electron chi connectivity index (χ2n) is 5.21. The van der Waals surface area contributed by atoms with Crippen LogP contribution in [0.4, 0.5) is 0 Å². The maximum atomic E-state index is 11.9. The summed E-state index contributed by atoms with van der Waals surface area (Å²) in [6, 6.07) is 7.72. The highest BCUT2D eigenvalue weighted by molar-refractivity contribution is 9.10. The van der Waals surface area contributed by atoms with E-state index in [1.54, 1.807) is 4.57 Å². The number of hydrogen-bond donors (Lipinski definition) is 1. The third-order valence-corrected chi connectivity index (χ3v) is 4.95. The van der Waals surface area contributed by atoms with Crippen LogP contribution >= 0.6 is 27.7 Å². The maximum Gasteiger partial charge on any atom is 0.344 e. The number of rotatable bonds is 7. The highest BCUT2D eigenvalue weighted by Gasteiger charge is 2.19. The summed E-state index contributed by atoms with van der Waals surface area (Å²) in [4.78, 5) is 11.9. The molecular formula is C15H18BrN3O3S. The molecule has 1 aromatic carbocycles. The van der Waals surface area contributed by atoms with Crippen molar-refractivity contribution in [1.82, 2.24) is 14.8 Å². The summed E-state index contributed by atoms with van der Waals surface area (Å²) in [6.45, 7) is 1.88. The van der Waals surface area contributed by atoms with E-state index in [-0.39, 0.29) is 11.8 Å². The van der Waals surface area contributed by atoms with Gasteiger partial charge < -0.3 is 9.47 Å². The van der Waals surface area contributed by atoms with Crippen molar-refractivity contribution in [2.45, 2.75) is 30.6 Å². The number of nitrogens with one attached hydrogen (secondary N) is 1. The summed E-state index contributed by atoms with van der Waals surface area (Å²) in [5, 5.41) is 7.28. The zero-order valence-electron chi connectivity index (χ0n) is 12.5. The van der Waals surface area contributed by atoms with Crippen molar-refractivity contribution in [3.05, 3.63) is 39.2 Å². The molecule has 1 fully saturated rings. The molecule has 0 aliphatic carbocycles. The number of ether oxygens (including phenoxy) is 2. The van der Waals surface area contributed by atoms with E-state index >= 15 is 0 Å². The van der Waals surface area contributed by atoms with Crippen LogP contribution in [0.15, 0.2) is 38.7 Å². The molecule has 0 saturated carbocycles. The Morgan fingerprint density at radius 1 is 1.52 bits per heavy atom. The van der Waals surface area contributed by atoms with Crippen LogP contribution < -0.4 is 10.4 Å².